The lowest BCUT2D eigenvalue weighted by molar-refractivity contribution is -0.121. The van der Waals surface area contributed by atoms with Crippen LogP contribution in [0.2, 0.25) is 0 Å². The molecule has 3 N–H and O–H groups in total. The third-order valence-corrected chi connectivity index (χ3v) is 2.67. The van der Waals surface area contributed by atoms with Gasteiger partial charge < -0.3 is 5.32 Å². The fourth-order valence-corrected chi connectivity index (χ4v) is 1.42. The zero-order chi connectivity index (χ0) is 12.1. The minimum Gasteiger partial charge on any atom is -0.354 e. The molecule has 1 rings (SSSR count). The highest BCUT2D eigenvalue weighted by molar-refractivity contribution is 7.71. The molecule has 0 radical (unpaired) electrons. The van der Waals surface area contributed by atoms with Crippen molar-refractivity contribution in [3.05, 3.63) is 15.3 Å². The summed E-state index contributed by atoms with van der Waals surface area (Å²) in [5, 5.41) is 7.70. The summed E-state index contributed by atoms with van der Waals surface area (Å²) in [5.74, 6) is -0.0724. The highest BCUT2D eigenvalue weighted by Crippen LogP contribution is 1.92. The molecular formula is C9H16N4O2S. The van der Waals surface area contributed by atoms with Gasteiger partial charge in [-0.3, -0.25) is 14.5 Å². The number of carbonyl (C=O) groups excluding carboxylic acids is 1. The van der Waals surface area contributed by atoms with E-state index in [0.29, 0.717) is 11.3 Å². The van der Waals surface area contributed by atoms with Gasteiger partial charge in [0.05, 0.1) is 0 Å². The minimum atomic E-state index is -0.318. The van der Waals surface area contributed by atoms with E-state index in [9.17, 15) is 9.59 Å². The molecule has 7 heteroatoms. The Hall–Kier alpha value is -1.37. The standard InChI is InChI=1S/C9H16N4O2S/c1-3-6(2)10-7(14)4-5-13-8(15)11-12-9(13)16/h6H,3-5H2,1-2H3,(H,10,14)(H,11,15)(H,12,16). The van der Waals surface area contributed by atoms with E-state index >= 15 is 0 Å². The first-order valence-corrected chi connectivity index (χ1v) is 5.62. The third-order valence-electron chi connectivity index (χ3n) is 2.35. The van der Waals surface area contributed by atoms with Gasteiger partial charge in [0.15, 0.2) is 4.77 Å². The number of hydrogen-bond acceptors (Lipinski definition) is 3. The fraction of sp³-hybridized carbons (Fsp3) is 0.667. The van der Waals surface area contributed by atoms with Gasteiger partial charge in [-0.2, -0.15) is 0 Å². The summed E-state index contributed by atoms with van der Waals surface area (Å²) in [7, 11) is 0. The molecule has 0 aliphatic rings. The van der Waals surface area contributed by atoms with Crippen molar-refractivity contribution in [1.29, 1.82) is 0 Å². The van der Waals surface area contributed by atoms with E-state index in [1.807, 2.05) is 13.8 Å². The SMILES string of the molecule is CCC(C)NC(=O)CCn1c(=O)[nH][nH]c1=S. The molecule has 0 fully saturated rings. The predicted octanol–water partition coefficient (Wildman–Crippen LogP) is 0.539. The number of H-pyrrole nitrogens is 2. The smallest absolute Gasteiger partial charge is 0.342 e. The molecule has 6 nitrogen and oxygen atoms in total. The van der Waals surface area contributed by atoms with Gasteiger partial charge >= 0.3 is 5.69 Å². The summed E-state index contributed by atoms with van der Waals surface area (Å²) in [6.07, 6.45) is 1.13. The molecule has 1 amide bonds. The van der Waals surface area contributed by atoms with Gasteiger partial charge in [-0.25, -0.2) is 9.89 Å². The van der Waals surface area contributed by atoms with Crippen molar-refractivity contribution in [2.75, 3.05) is 0 Å². The van der Waals surface area contributed by atoms with Crippen LogP contribution in [-0.2, 0) is 11.3 Å². The predicted molar refractivity (Wildman–Crippen MR) is 62.8 cm³/mol. The molecule has 0 spiro atoms. The molecule has 0 saturated heterocycles. The first-order valence-electron chi connectivity index (χ1n) is 5.21. The Bertz CT molecular complexity index is 431. The molecule has 1 aromatic heterocycles. The van der Waals surface area contributed by atoms with E-state index in [1.54, 1.807) is 0 Å². The molecular weight excluding hydrogens is 228 g/mol. The van der Waals surface area contributed by atoms with Crippen LogP contribution in [-0.4, -0.2) is 26.7 Å². The van der Waals surface area contributed by atoms with Crippen LogP contribution in [0.1, 0.15) is 26.7 Å². The van der Waals surface area contributed by atoms with Crippen molar-refractivity contribution in [1.82, 2.24) is 20.1 Å². The number of nitrogens with zero attached hydrogens (tertiary/aromatic N) is 1. The maximum atomic E-state index is 11.4. The highest BCUT2D eigenvalue weighted by Gasteiger charge is 2.07. The Kier molecular flexibility index (Phi) is 4.48. The molecule has 1 unspecified atom stereocenters. The molecule has 0 aliphatic carbocycles. The maximum absolute atomic E-state index is 11.4. The first kappa shape index (κ1) is 12.7. The van der Waals surface area contributed by atoms with Crippen molar-refractivity contribution in [2.45, 2.75) is 39.3 Å². The van der Waals surface area contributed by atoms with Crippen molar-refractivity contribution < 1.29 is 4.79 Å². The molecule has 16 heavy (non-hydrogen) atoms. The molecule has 0 saturated carbocycles. The quantitative estimate of drug-likeness (QED) is 0.661. The van der Waals surface area contributed by atoms with Crippen LogP contribution in [0.25, 0.3) is 0 Å². The average Bonchev–Trinajstić information content (AvgIpc) is 2.56. The van der Waals surface area contributed by atoms with Crippen LogP contribution in [0, 0.1) is 4.77 Å². The largest absolute Gasteiger partial charge is 0.354 e. The summed E-state index contributed by atoms with van der Waals surface area (Å²) in [5.41, 5.74) is -0.318. The van der Waals surface area contributed by atoms with Gasteiger partial charge in [-0.05, 0) is 25.6 Å². The molecule has 90 valence electrons. The average molecular weight is 244 g/mol. The van der Waals surface area contributed by atoms with Gasteiger partial charge in [0, 0.05) is 19.0 Å². The second-order valence-corrected chi connectivity index (χ2v) is 4.03. The van der Waals surface area contributed by atoms with Crippen molar-refractivity contribution in [3.8, 4) is 0 Å². The van der Waals surface area contributed by atoms with Gasteiger partial charge in [0.25, 0.3) is 0 Å². The van der Waals surface area contributed by atoms with E-state index in [4.69, 9.17) is 12.2 Å². The van der Waals surface area contributed by atoms with Crippen molar-refractivity contribution >= 4 is 18.1 Å². The van der Waals surface area contributed by atoms with Crippen LogP contribution in [0.3, 0.4) is 0 Å². The summed E-state index contributed by atoms with van der Waals surface area (Å²) in [6, 6.07) is 0.157. The number of nitrogens with one attached hydrogen (secondary N) is 3. The van der Waals surface area contributed by atoms with Crippen molar-refractivity contribution in [2.24, 2.45) is 0 Å². The Morgan fingerprint density at radius 1 is 1.56 bits per heavy atom. The number of amides is 1. The monoisotopic (exact) mass is 244 g/mol. The number of aromatic amines is 2. The second kappa shape index (κ2) is 5.64. The van der Waals surface area contributed by atoms with Gasteiger partial charge in [-0.15, -0.1) is 0 Å². The van der Waals surface area contributed by atoms with E-state index in [2.05, 4.69) is 15.5 Å². The Labute approximate surface area is 98.0 Å². The molecule has 0 aliphatic heterocycles. The Morgan fingerprint density at radius 2 is 2.25 bits per heavy atom. The molecule has 1 aromatic rings. The Morgan fingerprint density at radius 3 is 2.75 bits per heavy atom. The van der Waals surface area contributed by atoms with E-state index in [0.717, 1.165) is 6.42 Å². The maximum Gasteiger partial charge on any atom is 0.342 e. The summed E-state index contributed by atoms with van der Waals surface area (Å²) in [6.45, 7) is 4.23. The molecule has 1 heterocycles. The van der Waals surface area contributed by atoms with Gasteiger partial charge in [-0.1, -0.05) is 6.92 Å². The van der Waals surface area contributed by atoms with E-state index < -0.39 is 0 Å². The number of carbonyl (C=O) groups is 1. The lowest BCUT2D eigenvalue weighted by atomic mass is 10.2. The normalized spacial score (nSPS) is 12.4. The fourth-order valence-electron chi connectivity index (χ4n) is 1.20. The highest BCUT2D eigenvalue weighted by atomic mass is 32.1. The molecule has 0 aromatic carbocycles. The first-order chi connectivity index (χ1) is 7.54. The van der Waals surface area contributed by atoms with Crippen LogP contribution in [0.4, 0.5) is 0 Å². The molecule has 1 atom stereocenters. The van der Waals surface area contributed by atoms with E-state index in [-0.39, 0.29) is 24.1 Å². The van der Waals surface area contributed by atoms with Crippen LogP contribution in [0.15, 0.2) is 4.79 Å². The summed E-state index contributed by atoms with van der Waals surface area (Å²) in [4.78, 5) is 22.7. The third kappa shape index (κ3) is 3.34. The van der Waals surface area contributed by atoms with Gasteiger partial charge in [0.2, 0.25) is 5.91 Å². The Balaban J connectivity index is 2.50. The zero-order valence-electron chi connectivity index (χ0n) is 9.37. The van der Waals surface area contributed by atoms with E-state index in [1.165, 1.54) is 4.57 Å². The number of aromatic nitrogens is 3. The number of rotatable bonds is 5. The number of hydrogen-bond donors (Lipinski definition) is 3. The second-order valence-electron chi connectivity index (χ2n) is 3.64. The lowest BCUT2D eigenvalue weighted by Gasteiger charge is -2.10. The summed E-state index contributed by atoms with van der Waals surface area (Å²) < 4.78 is 1.63. The van der Waals surface area contributed by atoms with Gasteiger partial charge in [0.1, 0.15) is 0 Å². The zero-order valence-corrected chi connectivity index (χ0v) is 10.2. The minimum absolute atomic E-state index is 0.0724. The topological polar surface area (TPSA) is 82.7 Å². The molecule has 0 bridgehead atoms. The van der Waals surface area contributed by atoms with Crippen LogP contribution < -0.4 is 11.0 Å². The van der Waals surface area contributed by atoms with Crippen molar-refractivity contribution in [3.63, 3.8) is 0 Å². The van der Waals surface area contributed by atoms with Crippen LogP contribution >= 0.6 is 12.2 Å². The lowest BCUT2D eigenvalue weighted by Crippen LogP contribution is -2.33. The van der Waals surface area contributed by atoms with Crippen LogP contribution in [0.5, 0.6) is 0 Å². The summed E-state index contributed by atoms with van der Waals surface area (Å²) >= 11 is 4.88.